The van der Waals surface area contributed by atoms with Crippen molar-refractivity contribution in [3.63, 3.8) is 0 Å². The molecule has 0 aliphatic carbocycles. The van der Waals surface area contributed by atoms with Crippen LogP contribution in [0, 0.1) is 6.92 Å². The highest BCUT2D eigenvalue weighted by Crippen LogP contribution is 2.31. The molecule has 1 aliphatic heterocycles. The van der Waals surface area contributed by atoms with Gasteiger partial charge in [-0.05, 0) is 38.0 Å². The largest absolute Gasteiger partial charge is 0.440 e. The van der Waals surface area contributed by atoms with Crippen molar-refractivity contribution in [2.45, 2.75) is 25.7 Å². The number of likely N-dealkylation sites (tertiary alicyclic amines) is 1. The number of hydrogen-bond donors (Lipinski definition) is 1. The molecule has 2 amide bonds. The highest BCUT2D eigenvalue weighted by molar-refractivity contribution is 6.31. The predicted molar refractivity (Wildman–Crippen MR) is 92.8 cm³/mol. The van der Waals surface area contributed by atoms with E-state index in [4.69, 9.17) is 20.5 Å². The molecule has 25 heavy (non-hydrogen) atoms. The van der Waals surface area contributed by atoms with Crippen molar-refractivity contribution in [3.05, 3.63) is 40.9 Å². The third-order valence-corrected chi connectivity index (χ3v) is 4.60. The Hall–Kier alpha value is -2.54. The molecule has 1 aliphatic rings. The summed E-state index contributed by atoms with van der Waals surface area (Å²) in [5.41, 5.74) is 1.50. The van der Waals surface area contributed by atoms with Crippen LogP contribution in [0.1, 0.15) is 30.4 Å². The van der Waals surface area contributed by atoms with Gasteiger partial charge in [-0.3, -0.25) is 5.32 Å². The SMILES string of the molecule is Cc1cc(NC(=O)N2CCC(c3nc4cc(Cl)ccc4o3)CC2)no1. The number of carbonyl (C=O) groups excluding carboxylic acids is 1. The number of piperidine rings is 1. The Balaban J connectivity index is 1.39. The first-order valence-corrected chi connectivity index (χ1v) is 8.51. The molecule has 0 radical (unpaired) electrons. The van der Waals surface area contributed by atoms with Gasteiger partial charge in [-0.1, -0.05) is 16.8 Å². The highest BCUT2D eigenvalue weighted by atomic mass is 35.5. The van der Waals surface area contributed by atoms with E-state index in [-0.39, 0.29) is 11.9 Å². The summed E-state index contributed by atoms with van der Waals surface area (Å²) in [6, 6.07) is 6.94. The van der Waals surface area contributed by atoms with Crippen LogP contribution in [0.25, 0.3) is 11.1 Å². The lowest BCUT2D eigenvalue weighted by molar-refractivity contribution is 0.190. The average Bonchev–Trinajstić information content (AvgIpc) is 3.20. The van der Waals surface area contributed by atoms with E-state index in [1.807, 2.05) is 6.07 Å². The van der Waals surface area contributed by atoms with E-state index in [0.29, 0.717) is 35.6 Å². The summed E-state index contributed by atoms with van der Waals surface area (Å²) in [6.07, 6.45) is 1.59. The van der Waals surface area contributed by atoms with E-state index in [9.17, 15) is 4.79 Å². The number of halogens is 1. The normalized spacial score (nSPS) is 15.7. The summed E-state index contributed by atoms with van der Waals surface area (Å²) in [5.74, 6) is 2.00. The van der Waals surface area contributed by atoms with E-state index in [1.165, 1.54) is 0 Å². The number of benzene rings is 1. The molecule has 3 heterocycles. The van der Waals surface area contributed by atoms with Crippen LogP contribution in [0.5, 0.6) is 0 Å². The number of oxazole rings is 1. The summed E-state index contributed by atoms with van der Waals surface area (Å²) < 4.78 is 10.8. The minimum Gasteiger partial charge on any atom is -0.440 e. The zero-order valence-corrected chi connectivity index (χ0v) is 14.4. The van der Waals surface area contributed by atoms with Gasteiger partial charge in [-0.2, -0.15) is 0 Å². The fraction of sp³-hybridized carbons (Fsp3) is 0.353. The van der Waals surface area contributed by atoms with Gasteiger partial charge in [0.1, 0.15) is 11.3 Å². The van der Waals surface area contributed by atoms with E-state index in [0.717, 1.165) is 23.9 Å². The molecule has 130 valence electrons. The molecule has 2 aromatic heterocycles. The van der Waals surface area contributed by atoms with Gasteiger partial charge in [-0.25, -0.2) is 9.78 Å². The van der Waals surface area contributed by atoms with Crippen molar-refractivity contribution in [2.24, 2.45) is 0 Å². The number of aryl methyl sites for hydroxylation is 1. The fourth-order valence-corrected chi connectivity index (χ4v) is 3.20. The van der Waals surface area contributed by atoms with Gasteiger partial charge in [0.2, 0.25) is 0 Å². The molecule has 0 atom stereocenters. The zero-order valence-electron chi connectivity index (χ0n) is 13.7. The average molecular weight is 361 g/mol. The van der Waals surface area contributed by atoms with Crippen LogP contribution in [0.3, 0.4) is 0 Å². The summed E-state index contributed by atoms with van der Waals surface area (Å²) in [5, 5.41) is 7.16. The van der Waals surface area contributed by atoms with Crippen LogP contribution >= 0.6 is 11.6 Å². The molecule has 0 saturated carbocycles. The number of nitrogens with one attached hydrogen (secondary N) is 1. The minimum atomic E-state index is -0.170. The third kappa shape index (κ3) is 3.32. The van der Waals surface area contributed by atoms with E-state index in [2.05, 4.69) is 15.5 Å². The Bertz CT molecular complexity index is 912. The van der Waals surface area contributed by atoms with Gasteiger partial charge in [0.15, 0.2) is 17.3 Å². The summed E-state index contributed by atoms with van der Waals surface area (Å²) in [4.78, 5) is 18.6. The molecule has 0 unspecified atom stereocenters. The van der Waals surface area contributed by atoms with Gasteiger partial charge in [0.25, 0.3) is 0 Å². The van der Waals surface area contributed by atoms with E-state index >= 15 is 0 Å². The third-order valence-electron chi connectivity index (χ3n) is 4.36. The number of carbonyl (C=O) groups is 1. The second-order valence-corrected chi connectivity index (χ2v) is 6.61. The lowest BCUT2D eigenvalue weighted by atomic mass is 9.97. The second-order valence-electron chi connectivity index (χ2n) is 6.18. The molecule has 1 fully saturated rings. The molecule has 1 N–H and O–H groups in total. The number of rotatable bonds is 2. The van der Waals surface area contributed by atoms with Gasteiger partial charge in [0, 0.05) is 30.1 Å². The Kier molecular flexibility index (Phi) is 4.09. The highest BCUT2D eigenvalue weighted by Gasteiger charge is 2.27. The van der Waals surface area contributed by atoms with Gasteiger partial charge in [-0.15, -0.1) is 0 Å². The Labute approximate surface area is 148 Å². The number of hydrogen-bond acceptors (Lipinski definition) is 5. The monoisotopic (exact) mass is 360 g/mol. The van der Waals surface area contributed by atoms with Crippen LogP contribution in [0.2, 0.25) is 5.02 Å². The van der Waals surface area contributed by atoms with Crippen molar-refractivity contribution in [2.75, 3.05) is 18.4 Å². The maximum absolute atomic E-state index is 12.3. The summed E-state index contributed by atoms with van der Waals surface area (Å²) in [7, 11) is 0. The lowest BCUT2D eigenvalue weighted by Crippen LogP contribution is -2.40. The van der Waals surface area contributed by atoms with Crippen LogP contribution in [0.4, 0.5) is 10.6 Å². The van der Waals surface area contributed by atoms with Crippen molar-refractivity contribution in [1.82, 2.24) is 15.0 Å². The van der Waals surface area contributed by atoms with Crippen molar-refractivity contribution in [3.8, 4) is 0 Å². The summed E-state index contributed by atoms with van der Waals surface area (Å²) in [6.45, 7) is 3.04. The van der Waals surface area contributed by atoms with E-state index < -0.39 is 0 Å². The smallest absolute Gasteiger partial charge is 0.323 e. The van der Waals surface area contributed by atoms with Crippen molar-refractivity contribution in [1.29, 1.82) is 0 Å². The van der Waals surface area contributed by atoms with Gasteiger partial charge < -0.3 is 13.8 Å². The molecule has 7 nitrogen and oxygen atoms in total. The van der Waals surface area contributed by atoms with Gasteiger partial charge >= 0.3 is 6.03 Å². The number of aromatic nitrogens is 2. The number of anilines is 1. The molecule has 8 heteroatoms. The summed E-state index contributed by atoms with van der Waals surface area (Å²) >= 11 is 5.99. The maximum Gasteiger partial charge on any atom is 0.323 e. The standard InChI is InChI=1S/C17H17ClN4O3/c1-10-8-15(21-25-10)20-17(23)22-6-4-11(5-7-22)16-19-13-9-12(18)2-3-14(13)24-16/h2-3,8-9,11H,4-7H2,1H3,(H,20,21,23). The molecule has 0 bridgehead atoms. The molecule has 4 rings (SSSR count). The molecule has 3 aromatic rings. The van der Waals surface area contributed by atoms with E-state index in [1.54, 1.807) is 30.0 Å². The second kappa shape index (κ2) is 6.40. The number of nitrogens with zero attached hydrogens (tertiary/aromatic N) is 3. The molecule has 1 saturated heterocycles. The molecule has 0 spiro atoms. The first kappa shape index (κ1) is 16.0. The van der Waals surface area contributed by atoms with Crippen LogP contribution in [0.15, 0.2) is 33.2 Å². The minimum absolute atomic E-state index is 0.170. The Morgan fingerprint density at radius 3 is 2.84 bits per heavy atom. The number of amides is 2. The molecular formula is C17H17ClN4O3. The van der Waals surface area contributed by atoms with Crippen LogP contribution in [-0.2, 0) is 0 Å². The Morgan fingerprint density at radius 1 is 1.32 bits per heavy atom. The fourth-order valence-electron chi connectivity index (χ4n) is 3.04. The number of urea groups is 1. The number of fused-ring (bicyclic) bond motifs is 1. The van der Waals surface area contributed by atoms with Crippen molar-refractivity contribution < 1.29 is 13.7 Å². The zero-order chi connectivity index (χ0) is 17.4. The first-order valence-electron chi connectivity index (χ1n) is 8.14. The topological polar surface area (TPSA) is 84.4 Å². The lowest BCUT2D eigenvalue weighted by Gasteiger charge is -2.30. The molecule has 1 aromatic carbocycles. The first-order chi connectivity index (χ1) is 12.1. The van der Waals surface area contributed by atoms with Crippen molar-refractivity contribution >= 4 is 34.5 Å². The maximum atomic E-state index is 12.3. The van der Waals surface area contributed by atoms with Crippen LogP contribution in [-0.4, -0.2) is 34.2 Å². The predicted octanol–water partition coefficient (Wildman–Crippen LogP) is 4.19. The quantitative estimate of drug-likeness (QED) is 0.740. The Morgan fingerprint density at radius 2 is 2.12 bits per heavy atom. The van der Waals surface area contributed by atoms with Crippen LogP contribution < -0.4 is 5.32 Å². The molecular weight excluding hydrogens is 344 g/mol. The van der Waals surface area contributed by atoms with Gasteiger partial charge in [0.05, 0.1) is 0 Å².